The number of nitriles is 1. The van der Waals surface area contributed by atoms with Crippen LogP contribution in [0.4, 0.5) is 0 Å². The van der Waals surface area contributed by atoms with E-state index in [0.717, 1.165) is 24.8 Å². The summed E-state index contributed by atoms with van der Waals surface area (Å²) in [5, 5.41) is 12.2. The average molecular weight is 318 g/mol. The molecule has 0 radical (unpaired) electrons. The minimum absolute atomic E-state index is 0.189. The van der Waals surface area contributed by atoms with Crippen molar-refractivity contribution >= 4 is 16.7 Å². The minimum Gasteiger partial charge on any atom is -0.354 e. The molecule has 1 fully saturated rings. The lowest BCUT2D eigenvalue weighted by Gasteiger charge is -2.29. The monoisotopic (exact) mass is 318 g/mol. The van der Waals surface area contributed by atoms with Crippen molar-refractivity contribution in [2.75, 3.05) is 12.3 Å². The van der Waals surface area contributed by atoms with Gasteiger partial charge in [-0.2, -0.15) is 5.26 Å². The third kappa shape index (κ3) is 4.41. The predicted molar refractivity (Wildman–Crippen MR) is 87.3 cm³/mol. The lowest BCUT2D eigenvalue weighted by atomic mass is 9.74. The molecule has 4 nitrogen and oxygen atoms in total. The van der Waals surface area contributed by atoms with E-state index in [4.69, 9.17) is 0 Å². The van der Waals surface area contributed by atoms with Crippen LogP contribution in [0.5, 0.6) is 0 Å². The second-order valence-corrected chi connectivity index (χ2v) is 7.36. The first-order valence-corrected chi connectivity index (χ1v) is 9.23. The molecule has 1 aliphatic rings. The van der Waals surface area contributed by atoms with Gasteiger partial charge in [-0.15, -0.1) is 0 Å². The van der Waals surface area contributed by atoms with Crippen LogP contribution in [-0.2, 0) is 21.3 Å². The van der Waals surface area contributed by atoms with Crippen LogP contribution in [-0.4, -0.2) is 22.4 Å². The summed E-state index contributed by atoms with van der Waals surface area (Å²) >= 11 is 0. The van der Waals surface area contributed by atoms with Crippen molar-refractivity contribution in [3.05, 3.63) is 35.9 Å². The lowest BCUT2D eigenvalue weighted by molar-refractivity contribution is -0.129. The Hall–Kier alpha value is -1.67. The number of amides is 1. The van der Waals surface area contributed by atoms with E-state index < -0.39 is 16.2 Å². The average Bonchev–Trinajstić information content (AvgIpc) is 2.56. The molecule has 1 saturated carbocycles. The molecule has 1 amide bonds. The van der Waals surface area contributed by atoms with E-state index >= 15 is 0 Å². The third-order valence-electron chi connectivity index (χ3n) is 4.14. The van der Waals surface area contributed by atoms with E-state index in [1.165, 1.54) is 0 Å². The number of nitrogens with zero attached hydrogens (tertiary/aromatic N) is 1. The summed E-state index contributed by atoms with van der Waals surface area (Å²) in [6, 6.07) is 11.9. The Bertz CT molecular complexity index is 560. The smallest absolute Gasteiger partial charge is 0.240 e. The normalized spacial score (nSPS) is 18.1. The summed E-state index contributed by atoms with van der Waals surface area (Å²) in [5.41, 5.74) is 0.173. The van der Waals surface area contributed by atoms with Gasteiger partial charge >= 0.3 is 0 Å². The first-order chi connectivity index (χ1) is 10.7. The fourth-order valence-corrected chi connectivity index (χ4v) is 3.86. The summed E-state index contributed by atoms with van der Waals surface area (Å²) in [6.45, 7) is 0.363. The number of benzene rings is 1. The van der Waals surface area contributed by atoms with Gasteiger partial charge in [0, 0.05) is 28.9 Å². The number of rotatable bonds is 6. The van der Waals surface area contributed by atoms with E-state index in [-0.39, 0.29) is 5.91 Å². The van der Waals surface area contributed by atoms with Crippen LogP contribution in [0.2, 0.25) is 0 Å². The number of nitrogens with one attached hydrogen (secondary N) is 1. The molecule has 0 saturated heterocycles. The van der Waals surface area contributed by atoms with Crippen molar-refractivity contribution in [3.63, 3.8) is 0 Å². The van der Waals surface area contributed by atoms with Gasteiger partial charge in [-0.25, -0.2) is 0 Å². The maximum atomic E-state index is 12.3. The van der Waals surface area contributed by atoms with Gasteiger partial charge in [0.15, 0.2) is 0 Å². The maximum absolute atomic E-state index is 12.3. The van der Waals surface area contributed by atoms with E-state index in [1.807, 2.05) is 30.3 Å². The second-order valence-electron chi connectivity index (χ2n) is 5.78. The zero-order chi connectivity index (χ0) is 15.8. The zero-order valence-electron chi connectivity index (χ0n) is 12.7. The molecule has 1 N–H and O–H groups in total. The molecule has 0 unspecified atom stereocenters. The van der Waals surface area contributed by atoms with Crippen LogP contribution >= 0.6 is 0 Å². The second kappa shape index (κ2) is 8.09. The molecular formula is C17H22N2O2S. The summed E-state index contributed by atoms with van der Waals surface area (Å²) in [5.74, 6) is 0.730. The summed E-state index contributed by atoms with van der Waals surface area (Å²) in [7, 11) is -1.01. The van der Waals surface area contributed by atoms with Crippen LogP contribution < -0.4 is 5.32 Å². The van der Waals surface area contributed by atoms with Gasteiger partial charge < -0.3 is 5.32 Å². The van der Waals surface area contributed by atoms with Crippen molar-refractivity contribution < 1.29 is 9.00 Å². The van der Waals surface area contributed by atoms with Crippen molar-refractivity contribution in [2.24, 2.45) is 5.41 Å². The van der Waals surface area contributed by atoms with Crippen LogP contribution in [0.25, 0.3) is 0 Å². The molecule has 1 aliphatic carbocycles. The maximum Gasteiger partial charge on any atom is 0.240 e. The van der Waals surface area contributed by atoms with Gasteiger partial charge in [-0.05, 0) is 18.4 Å². The summed E-state index contributed by atoms with van der Waals surface area (Å²) in [4.78, 5) is 12.3. The molecule has 1 aromatic carbocycles. The topological polar surface area (TPSA) is 70.0 Å². The fourth-order valence-electron chi connectivity index (χ4n) is 2.82. The summed E-state index contributed by atoms with van der Waals surface area (Å²) < 4.78 is 12.0. The Morgan fingerprint density at radius 1 is 1.23 bits per heavy atom. The van der Waals surface area contributed by atoms with Crippen molar-refractivity contribution in [3.8, 4) is 6.07 Å². The van der Waals surface area contributed by atoms with Gasteiger partial charge in [0.25, 0.3) is 0 Å². The third-order valence-corrected chi connectivity index (χ3v) is 5.46. The molecule has 0 aliphatic heterocycles. The van der Waals surface area contributed by atoms with Crippen molar-refractivity contribution in [1.29, 1.82) is 5.26 Å². The predicted octanol–water partition coefficient (Wildman–Crippen LogP) is 2.53. The van der Waals surface area contributed by atoms with E-state index in [1.54, 1.807) is 0 Å². The van der Waals surface area contributed by atoms with Gasteiger partial charge in [0.05, 0.1) is 6.07 Å². The summed E-state index contributed by atoms with van der Waals surface area (Å²) in [6.07, 6.45) is 4.24. The van der Waals surface area contributed by atoms with Crippen molar-refractivity contribution in [2.45, 2.75) is 37.9 Å². The molecule has 1 aromatic rings. The molecule has 0 spiro atoms. The minimum atomic E-state index is -1.01. The Balaban J connectivity index is 1.77. The quantitative estimate of drug-likeness (QED) is 0.876. The van der Waals surface area contributed by atoms with Gasteiger partial charge in [0.2, 0.25) is 5.91 Å². The van der Waals surface area contributed by atoms with Gasteiger partial charge in [0.1, 0.15) is 5.41 Å². The molecule has 0 bridgehead atoms. The van der Waals surface area contributed by atoms with Crippen LogP contribution in [0.1, 0.15) is 37.7 Å². The van der Waals surface area contributed by atoms with Crippen molar-refractivity contribution in [1.82, 2.24) is 5.32 Å². The highest BCUT2D eigenvalue weighted by atomic mass is 32.2. The standard InChI is InChI=1S/C17H22N2O2S/c18-14-17(9-5-2-6-10-17)16(20)19-11-12-22(21)13-15-7-3-1-4-8-15/h1,3-4,7-8H,2,5-6,9-13H2,(H,19,20)/t22-/m0/s1. The van der Waals surface area contributed by atoms with Gasteiger partial charge in [-0.3, -0.25) is 9.00 Å². The Labute approximate surface area is 134 Å². The van der Waals surface area contributed by atoms with Crippen LogP contribution in [0.3, 0.4) is 0 Å². The highest BCUT2D eigenvalue weighted by molar-refractivity contribution is 7.84. The molecule has 1 atom stereocenters. The first-order valence-electron chi connectivity index (χ1n) is 7.75. The van der Waals surface area contributed by atoms with Crippen LogP contribution in [0, 0.1) is 16.7 Å². The molecule has 22 heavy (non-hydrogen) atoms. The largest absolute Gasteiger partial charge is 0.354 e. The lowest BCUT2D eigenvalue weighted by Crippen LogP contribution is -2.42. The number of hydrogen-bond acceptors (Lipinski definition) is 3. The van der Waals surface area contributed by atoms with Crippen LogP contribution in [0.15, 0.2) is 30.3 Å². The zero-order valence-corrected chi connectivity index (χ0v) is 13.5. The first kappa shape index (κ1) is 16.7. The highest BCUT2D eigenvalue weighted by Gasteiger charge is 2.39. The molecule has 2 rings (SSSR count). The molecule has 118 valence electrons. The van der Waals surface area contributed by atoms with Gasteiger partial charge in [-0.1, -0.05) is 49.6 Å². The number of carbonyl (C=O) groups excluding carboxylic acids is 1. The SMILES string of the molecule is N#CC1(C(=O)NCC[S@](=O)Cc2ccccc2)CCCCC1. The highest BCUT2D eigenvalue weighted by Crippen LogP contribution is 2.35. The molecular weight excluding hydrogens is 296 g/mol. The van der Waals surface area contributed by atoms with E-state index in [9.17, 15) is 14.3 Å². The molecule has 0 heterocycles. The number of carbonyl (C=O) groups is 1. The Morgan fingerprint density at radius 2 is 1.91 bits per heavy atom. The number of hydrogen-bond donors (Lipinski definition) is 1. The van der Waals surface area contributed by atoms with E-state index in [2.05, 4.69) is 11.4 Å². The Morgan fingerprint density at radius 3 is 2.55 bits per heavy atom. The Kier molecular flexibility index (Phi) is 6.14. The molecule has 5 heteroatoms. The molecule has 0 aromatic heterocycles. The van der Waals surface area contributed by atoms with E-state index in [0.29, 0.717) is 30.9 Å². The fraction of sp³-hybridized carbons (Fsp3) is 0.529.